The van der Waals surface area contributed by atoms with Crippen LogP contribution in [0, 0.1) is 16.5 Å². The Labute approximate surface area is 109 Å². The molecule has 0 amide bonds. The minimum atomic E-state index is 0.0662. The van der Waals surface area contributed by atoms with Gasteiger partial charge in [-0.25, -0.2) is 0 Å². The zero-order valence-corrected chi connectivity index (χ0v) is 9.84. The summed E-state index contributed by atoms with van der Waals surface area (Å²) in [5, 5.41) is 32.8. The average molecular weight is 254 g/mol. The van der Waals surface area contributed by atoms with E-state index < -0.39 is 0 Å². The molecule has 0 bridgehead atoms. The Hall–Kier alpha value is -3.07. The summed E-state index contributed by atoms with van der Waals surface area (Å²) in [6.07, 6.45) is 0. The lowest BCUT2D eigenvalue weighted by Gasteiger charge is -2.17. The summed E-state index contributed by atoms with van der Waals surface area (Å²) in [4.78, 5) is 0.0662. The van der Waals surface area contributed by atoms with Crippen LogP contribution in [0.2, 0.25) is 0 Å². The predicted molar refractivity (Wildman–Crippen MR) is 67.6 cm³/mol. The molecule has 0 aliphatic carbocycles. The number of hydrazine groups is 1. The van der Waals surface area contributed by atoms with Crippen LogP contribution in [-0.2, 0) is 0 Å². The third-order valence-electron chi connectivity index (χ3n) is 2.49. The quantitative estimate of drug-likeness (QED) is 0.518. The normalized spacial score (nSPS) is 10.8. The van der Waals surface area contributed by atoms with Crippen molar-refractivity contribution in [3.8, 4) is 6.07 Å². The number of nitriles is 1. The molecule has 2 rings (SSSR count). The van der Waals surface area contributed by atoms with E-state index in [0.29, 0.717) is 16.9 Å². The minimum absolute atomic E-state index is 0.0662. The molecule has 0 unspecified atom stereocenters. The van der Waals surface area contributed by atoms with E-state index in [-0.39, 0.29) is 4.97 Å². The largest absolute Gasteiger partial charge is 0.568 e. The average Bonchev–Trinajstić information content (AvgIpc) is 2.49. The first-order valence-electron chi connectivity index (χ1n) is 5.44. The Bertz CT molecular complexity index is 617. The van der Waals surface area contributed by atoms with Crippen LogP contribution in [0.25, 0.3) is 0 Å². The van der Waals surface area contributed by atoms with E-state index in [1.165, 1.54) is 5.01 Å². The molecule has 6 nitrogen and oxygen atoms in total. The van der Waals surface area contributed by atoms with Crippen molar-refractivity contribution in [2.45, 2.75) is 0 Å². The summed E-state index contributed by atoms with van der Waals surface area (Å²) < 4.78 is 0. The molecule has 0 atom stereocenters. The minimum Gasteiger partial charge on any atom is -0.568 e. The van der Waals surface area contributed by atoms with Crippen molar-refractivity contribution >= 4 is 11.4 Å². The van der Waals surface area contributed by atoms with Gasteiger partial charge >= 0.3 is 0 Å². The van der Waals surface area contributed by atoms with E-state index in [2.05, 4.69) is 5.28 Å². The summed E-state index contributed by atoms with van der Waals surface area (Å²) in [5.74, 6) is 0. The van der Waals surface area contributed by atoms with Crippen LogP contribution in [0.3, 0.4) is 0 Å². The van der Waals surface area contributed by atoms with Crippen LogP contribution in [0.4, 0.5) is 11.4 Å². The van der Waals surface area contributed by atoms with Crippen LogP contribution >= 0.6 is 0 Å². The Balaban J connectivity index is 2.47. The lowest BCUT2D eigenvalue weighted by Crippen LogP contribution is -2.25. The van der Waals surface area contributed by atoms with Gasteiger partial charge in [-0.15, -0.1) is 0 Å². The third-order valence-corrected chi connectivity index (χ3v) is 2.49. The molecule has 0 saturated heterocycles. The number of hydrogen-bond donors (Lipinski definition) is 1. The van der Waals surface area contributed by atoms with Gasteiger partial charge in [0.2, 0.25) is 5.28 Å². The van der Waals surface area contributed by atoms with Crippen LogP contribution in [0.15, 0.2) is 59.9 Å². The van der Waals surface area contributed by atoms with Crippen LogP contribution in [0.1, 0.15) is 5.56 Å². The molecule has 0 aromatic heterocycles. The van der Waals surface area contributed by atoms with Crippen molar-refractivity contribution in [2.24, 2.45) is 5.28 Å². The first-order chi connectivity index (χ1) is 9.26. The van der Waals surface area contributed by atoms with Gasteiger partial charge in [0.15, 0.2) is 0 Å². The number of anilines is 2. The molecule has 6 heteroatoms. The topological polar surface area (TPSA) is 85.7 Å². The Morgan fingerprint density at radius 2 is 1.63 bits per heavy atom. The molecule has 0 spiro atoms. The van der Waals surface area contributed by atoms with Crippen molar-refractivity contribution in [1.82, 2.24) is 0 Å². The number of para-hydroxylation sites is 1. The highest BCUT2D eigenvalue weighted by Gasteiger charge is 2.18. The van der Waals surface area contributed by atoms with Gasteiger partial charge < -0.3 is 10.4 Å². The Kier molecular flexibility index (Phi) is 3.59. The van der Waals surface area contributed by atoms with Crippen molar-refractivity contribution in [3.63, 3.8) is 0 Å². The highest BCUT2D eigenvalue weighted by molar-refractivity contribution is 5.60. The molecule has 2 aromatic rings. The number of nitrogens with zero attached hydrogens (tertiary/aromatic N) is 4. The molecule has 2 aromatic carbocycles. The highest BCUT2D eigenvalue weighted by Crippen LogP contribution is 2.25. The molecule has 94 valence electrons. The number of rotatable bonds is 3. The smallest absolute Gasteiger partial charge is 0.231 e. The van der Waals surface area contributed by atoms with Crippen molar-refractivity contribution in [3.05, 3.63) is 65.4 Å². The number of hydrogen-bond acceptors (Lipinski definition) is 3. The van der Waals surface area contributed by atoms with Crippen LogP contribution < -0.4 is 5.01 Å². The van der Waals surface area contributed by atoms with Gasteiger partial charge in [0, 0.05) is 0 Å². The van der Waals surface area contributed by atoms with Gasteiger partial charge in [-0.1, -0.05) is 23.2 Å². The number of benzene rings is 2. The monoisotopic (exact) mass is 254 g/mol. The standard InChI is InChI=1S/C13H10N4O2/c14-10-11-6-8-13(9-7-11)16(17(19)15-18)12-4-2-1-3-5-12/h1-9,18H/b17-15-. The summed E-state index contributed by atoms with van der Waals surface area (Å²) in [6.45, 7) is 0. The highest BCUT2D eigenvalue weighted by atomic mass is 16.6. The molecule has 19 heavy (non-hydrogen) atoms. The van der Waals surface area contributed by atoms with Crippen molar-refractivity contribution in [1.29, 1.82) is 5.26 Å². The zero-order valence-electron chi connectivity index (χ0n) is 9.84. The van der Waals surface area contributed by atoms with Gasteiger partial charge in [-0.2, -0.15) is 5.26 Å². The maximum absolute atomic E-state index is 11.6. The predicted octanol–water partition coefficient (Wildman–Crippen LogP) is 2.96. The van der Waals surface area contributed by atoms with Crippen LogP contribution in [0.5, 0.6) is 0 Å². The molecule has 0 saturated carbocycles. The molecule has 0 aliphatic rings. The SMILES string of the molecule is N#Cc1ccc(N(c2ccccc2)/[N+]([O-])=N/O)cc1. The molecule has 1 N–H and O–H groups in total. The van der Waals surface area contributed by atoms with Crippen molar-refractivity contribution in [2.75, 3.05) is 5.01 Å². The molecule has 0 radical (unpaired) electrons. The van der Waals surface area contributed by atoms with E-state index in [0.717, 1.165) is 0 Å². The lowest BCUT2D eigenvalue weighted by atomic mass is 10.2. The summed E-state index contributed by atoms with van der Waals surface area (Å²) in [5.41, 5.74) is 1.51. The second-order valence-electron chi connectivity index (χ2n) is 3.65. The second kappa shape index (κ2) is 5.51. The maximum atomic E-state index is 11.6. The van der Waals surface area contributed by atoms with Gasteiger partial charge in [0.05, 0.1) is 16.6 Å². The Morgan fingerprint density at radius 1 is 1.05 bits per heavy atom. The molecule has 0 heterocycles. The fourth-order valence-electron chi connectivity index (χ4n) is 1.63. The van der Waals surface area contributed by atoms with E-state index in [1.807, 2.05) is 12.1 Å². The first kappa shape index (κ1) is 12.4. The first-order valence-corrected chi connectivity index (χ1v) is 5.44. The zero-order chi connectivity index (χ0) is 13.7. The maximum Gasteiger partial charge on any atom is 0.231 e. The molecule has 0 fully saturated rings. The van der Waals surface area contributed by atoms with Gasteiger partial charge in [-0.3, -0.25) is 0 Å². The fourth-order valence-corrected chi connectivity index (χ4v) is 1.63. The summed E-state index contributed by atoms with van der Waals surface area (Å²) >= 11 is 0. The van der Waals surface area contributed by atoms with E-state index in [9.17, 15) is 5.21 Å². The lowest BCUT2D eigenvalue weighted by molar-refractivity contribution is -0.558. The van der Waals surface area contributed by atoms with Gasteiger partial charge in [0.1, 0.15) is 11.4 Å². The second-order valence-corrected chi connectivity index (χ2v) is 3.65. The van der Waals surface area contributed by atoms with E-state index in [1.54, 1.807) is 48.5 Å². The van der Waals surface area contributed by atoms with Crippen LogP contribution in [-0.4, -0.2) is 10.2 Å². The molecular weight excluding hydrogens is 244 g/mol. The Morgan fingerprint density at radius 3 is 2.16 bits per heavy atom. The van der Waals surface area contributed by atoms with Crippen molar-refractivity contribution < 1.29 is 10.2 Å². The third kappa shape index (κ3) is 2.61. The summed E-state index contributed by atoms with van der Waals surface area (Å²) in [6, 6.07) is 17.1. The summed E-state index contributed by atoms with van der Waals surface area (Å²) in [7, 11) is 0. The van der Waals surface area contributed by atoms with E-state index in [4.69, 9.17) is 10.5 Å². The van der Waals surface area contributed by atoms with Gasteiger partial charge in [-0.05, 0) is 36.4 Å². The fraction of sp³-hybridized carbons (Fsp3) is 0. The molecular formula is C13H10N4O2. The molecule has 0 aliphatic heterocycles. The van der Waals surface area contributed by atoms with E-state index >= 15 is 0 Å². The van der Waals surface area contributed by atoms with Gasteiger partial charge in [0.25, 0.3) is 0 Å².